The second kappa shape index (κ2) is 3.92. The quantitative estimate of drug-likeness (QED) is 0.678. The Balaban J connectivity index is 3.25. The van der Waals surface area contributed by atoms with Crippen LogP contribution in [0.2, 0.25) is 5.02 Å². The summed E-state index contributed by atoms with van der Waals surface area (Å²) in [5.74, 6) is 0. The molecule has 0 spiro atoms. The van der Waals surface area contributed by atoms with E-state index in [1.807, 2.05) is 19.1 Å². The molecule has 0 nitrogen and oxygen atoms in total. The molecule has 0 N–H and O–H groups in total. The Morgan fingerprint density at radius 2 is 2.09 bits per heavy atom. The third-order valence-corrected chi connectivity index (χ3v) is 3.66. The Bertz CT molecular complexity index is 271. The second-order valence-electron chi connectivity index (χ2n) is 2.28. The van der Waals surface area contributed by atoms with Crippen molar-refractivity contribution in [1.29, 1.82) is 0 Å². The minimum atomic E-state index is 0.807. The van der Waals surface area contributed by atoms with E-state index in [-0.39, 0.29) is 0 Å². The van der Waals surface area contributed by atoms with Crippen LogP contribution in [0.3, 0.4) is 0 Å². The summed E-state index contributed by atoms with van der Waals surface area (Å²) in [7, 11) is 0. The molecular weight excluding hydrogens is 291 g/mol. The van der Waals surface area contributed by atoms with Gasteiger partial charge in [-0.25, -0.2) is 0 Å². The molecule has 0 aliphatic rings. The monoisotopic (exact) mass is 296 g/mol. The topological polar surface area (TPSA) is 0 Å². The van der Waals surface area contributed by atoms with Crippen LogP contribution < -0.4 is 0 Å². The summed E-state index contributed by atoms with van der Waals surface area (Å²) < 4.78 is 1.10. The van der Waals surface area contributed by atoms with Gasteiger partial charge in [-0.3, -0.25) is 0 Å². The van der Waals surface area contributed by atoms with Crippen molar-refractivity contribution in [3.05, 3.63) is 32.8 Å². The SMILES string of the molecule is Cc1c(Cl)ccc(CBr)c1Br. The van der Waals surface area contributed by atoms with Gasteiger partial charge in [-0.1, -0.05) is 49.5 Å². The van der Waals surface area contributed by atoms with E-state index >= 15 is 0 Å². The maximum absolute atomic E-state index is 5.90. The first kappa shape index (κ1) is 9.56. The molecule has 0 radical (unpaired) electrons. The zero-order valence-corrected chi connectivity index (χ0v) is 9.92. The molecule has 0 aromatic heterocycles. The average Bonchev–Trinajstić information content (AvgIpc) is 2.01. The summed E-state index contributed by atoms with van der Waals surface area (Å²) in [5, 5.41) is 1.66. The molecule has 0 bridgehead atoms. The van der Waals surface area contributed by atoms with E-state index in [1.165, 1.54) is 5.56 Å². The smallest absolute Gasteiger partial charge is 0.0446 e. The molecule has 0 atom stereocenters. The van der Waals surface area contributed by atoms with Crippen LogP contribution in [-0.4, -0.2) is 0 Å². The molecule has 1 aromatic carbocycles. The van der Waals surface area contributed by atoms with Crippen LogP contribution in [0.5, 0.6) is 0 Å². The van der Waals surface area contributed by atoms with E-state index < -0.39 is 0 Å². The lowest BCUT2D eigenvalue weighted by molar-refractivity contribution is 1.32. The Hall–Kier alpha value is 0.470. The average molecular weight is 298 g/mol. The van der Waals surface area contributed by atoms with Gasteiger partial charge in [0.1, 0.15) is 0 Å². The highest BCUT2D eigenvalue weighted by Crippen LogP contribution is 2.28. The molecular formula is C8H7Br2Cl. The van der Waals surface area contributed by atoms with Crippen molar-refractivity contribution in [3.63, 3.8) is 0 Å². The fourth-order valence-corrected chi connectivity index (χ4v) is 2.42. The highest BCUT2D eigenvalue weighted by molar-refractivity contribution is 9.10. The van der Waals surface area contributed by atoms with Crippen LogP contribution in [0, 0.1) is 6.92 Å². The zero-order valence-electron chi connectivity index (χ0n) is 6.00. The summed E-state index contributed by atoms with van der Waals surface area (Å²) in [5.41, 5.74) is 2.33. The minimum Gasteiger partial charge on any atom is -0.0876 e. The summed E-state index contributed by atoms with van der Waals surface area (Å²) >= 11 is 12.8. The molecule has 0 saturated carbocycles. The van der Waals surface area contributed by atoms with Crippen molar-refractivity contribution in [2.75, 3.05) is 0 Å². The fourth-order valence-electron chi connectivity index (χ4n) is 0.821. The van der Waals surface area contributed by atoms with E-state index in [2.05, 4.69) is 31.9 Å². The molecule has 1 rings (SSSR count). The van der Waals surface area contributed by atoms with E-state index in [9.17, 15) is 0 Å². The second-order valence-corrected chi connectivity index (χ2v) is 4.04. The Kier molecular flexibility index (Phi) is 3.41. The van der Waals surface area contributed by atoms with Crippen LogP contribution in [0.25, 0.3) is 0 Å². The lowest BCUT2D eigenvalue weighted by Gasteiger charge is -2.04. The van der Waals surface area contributed by atoms with Crippen molar-refractivity contribution in [1.82, 2.24) is 0 Å². The number of hydrogen-bond acceptors (Lipinski definition) is 0. The third-order valence-electron chi connectivity index (χ3n) is 1.54. The number of benzene rings is 1. The molecule has 0 aliphatic heterocycles. The van der Waals surface area contributed by atoms with Gasteiger partial charge in [0.05, 0.1) is 0 Å². The molecule has 0 fully saturated rings. The molecule has 60 valence electrons. The van der Waals surface area contributed by atoms with Crippen LogP contribution >= 0.6 is 43.5 Å². The van der Waals surface area contributed by atoms with Crippen molar-refractivity contribution in [3.8, 4) is 0 Å². The van der Waals surface area contributed by atoms with E-state index in [1.54, 1.807) is 0 Å². The largest absolute Gasteiger partial charge is 0.0876 e. The lowest BCUT2D eigenvalue weighted by atomic mass is 10.2. The van der Waals surface area contributed by atoms with Gasteiger partial charge in [-0.2, -0.15) is 0 Å². The van der Waals surface area contributed by atoms with E-state index in [4.69, 9.17) is 11.6 Å². The van der Waals surface area contributed by atoms with Gasteiger partial charge in [0.2, 0.25) is 0 Å². The Morgan fingerprint density at radius 3 is 2.64 bits per heavy atom. The van der Waals surface area contributed by atoms with Gasteiger partial charge < -0.3 is 0 Å². The Morgan fingerprint density at radius 1 is 1.45 bits per heavy atom. The van der Waals surface area contributed by atoms with Crippen LogP contribution in [0.15, 0.2) is 16.6 Å². The third kappa shape index (κ3) is 1.98. The number of alkyl halides is 1. The van der Waals surface area contributed by atoms with Crippen molar-refractivity contribution in [2.24, 2.45) is 0 Å². The number of rotatable bonds is 1. The molecule has 0 saturated heterocycles. The zero-order chi connectivity index (χ0) is 8.43. The molecule has 0 aliphatic carbocycles. The highest BCUT2D eigenvalue weighted by Gasteiger charge is 2.03. The van der Waals surface area contributed by atoms with Crippen LogP contribution in [-0.2, 0) is 5.33 Å². The predicted octanol–water partition coefficient (Wildman–Crippen LogP) is 4.31. The van der Waals surface area contributed by atoms with Crippen LogP contribution in [0.1, 0.15) is 11.1 Å². The highest BCUT2D eigenvalue weighted by atomic mass is 79.9. The number of halogens is 3. The van der Waals surface area contributed by atoms with Crippen LogP contribution in [0.4, 0.5) is 0 Å². The normalized spacial score (nSPS) is 10.2. The van der Waals surface area contributed by atoms with Crippen molar-refractivity contribution >= 4 is 43.5 Å². The van der Waals surface area contributed by atoms with E-state index in [0.29, 0.717) is 0 Å². The van der Waals surface area contributed by atoms with Gasteiger partial charge in [0.15, 0.2) is 0 Å². The Labute approximate surface area is 88.2 Å². The van der Waals surface area contributed by atoms with Gasteiger partial charge in [-0.15, -0.1) is 0 Å². The summed E-state index contributed by atoms with van der Waals surface area (Å²) in [6, 6.07) is 3.92. The molecule has 0 unspecified atom stereocenters. The lowest BCUT2D eigenvalue weighted by Crippen LogP contribution is -1.84. The summed E-state index contributed by atoms with van der Waals surface area (Å²) in [4.78, 5) is 0. The molecule has 1 aromatic rings. The number of hydrogen-bond donors (Lipinski definition) is 0. The fraction of sp³-hybridized carbons (Fsp3) is 0.250. The van der Waals surface area contributed by atoms with Gasteiger partial charge >= 0.3 is 0 Å². The maximum atomic E-state index is 5.90. The molecule has 0 heterocycles. The molecule has 0 amide bonds. The first-order valence-corrected chi connectivity index (χ1v) is 5.45. The summed E-state index contributed by atoms with van der Waals surface area (Å²) in [6.45, 7) is 2.00. The standard InChI is InChI=1S/C8H7Br2Cl/c1-5-7(11)3-2-6(4-9)8(5)10/h2-3H,4H2,1H3. The van der Waals surface area contributed by atoms with Gasteiger partial charge in [0.25, 0.3) is 0 Å². The first-order chi connectivity index (χ1) is 5.16. The molecule has 3 heteroatoms. The van der Waals surface area contributed by atoms with E-state index in [0.717, 1.165) is 20.4 Å². The minimum absolute atomic E-state index is 0.807. The van der Waals surface area contributed by atoms with Gasteiger partial charge in [-0.05, 0) is 24.1 Å². The predicted molar refractivity (Wildman–Crippen MR) is 56.5 cm³/mol. The van der Waals surface area contributed by atoms with Crippen molar-refractivity contribution < 1.29 is 0 Å². The maximum Gasteiger partial charge on any atom is 0.0446 e. The molecule has 11 heavy (non-hydrogen) atoms. The first-order valence-electron chi connectivity index (χ1n) is 3.16. The summed E-state index contributed by atoms with van der Waals surface area (Å²) in [6.07, 6.45) is 0. The van der Waals surface area contributed by atoms with Crippen molar-refractivity contribution in [2.45, 2.75) is 12.3 Å². The van der Waals surface area contributed by atoms with Gasteiger partial charge in [0, 0.05) is 14.8 Å².